The molecule has 0 radical (unpaired) electrons. The Balaban J connectivity index is 1.19. The van der Waals surface area contributed by atoms with Crippen LogP contribution in [-0.2, 0) is 30.4 Å². The van der Waals surface area contributed by atoms with E-state index in [-0.39, 0.29) is 42.1 Å². The number of hydrogen-bond acceptors (Lipinski definition) is 7. The number of esters is 1. The highest BCUT2D eigenvalue weighted by Gasteiger charge is 2.59. The van der Waals surface area contributed by atoms with Crippen LogP contribution in [-0.4, -0.2) is 47.7 Å². The maximum atomic E-state index is 12.7. The van der Waals surface area contributed by atoms with Crippen molar-refractivity contribution in [2.24, 2.45) is 39.7 Å². The number of benzene rings is 1. The van der Waals surface area contributed by atoms with Crippen LogP contribution in [0, 0.1) is 34.5 Å². The zero-order valence-corrected chi connectivity index (χ0v) is 25.5. The number of hydrogen-bond donors (Lipinski definition) is 2. The molecule has 0 saturated heterocycles. The Bertz CT molecular complexity index is 1250. The third kappa shape index (κ3) is 5.86. The molecule has 3 fully saturated rings. The maximum Gasteiger partial charge on any atom is 0.328 e. The second kappa shape index (κ2) is 12.2. The molecule has 3 saturated carbocycles. The summed E-state index contributed by atoms with van der Waals surface area (Å²) < 4.78 is 5.15. The smallest absolute Gasteiger partial charge is 0.328 e. The lowest BCUT2D eigenvalue weighted by molar-refractivity contribution is -0.147. The van der Waals surface area contributed by atoms with Gasteiger partial charge in [-0.05, 0) is 118 Å². The van der Waals surface area contributed by atoms with E-state index in [4.69, 9.17) is 9.57 Å². The second-order valence-electron chi connectivity index (χ2n) is 13.4. The topological polar surface area (TPSA) is 114 Å². The Hall–Kier alpha value is -3.16. The standard InChI is InChI=1S/C34H46N2O6/c1-5-41-32(40)30(18-22-6-9-25(38)10-7-22)35-31(39)20-42-36-24-14-16-33(3)23(19-24)8-11-26-28-13-12-27(21(2)37)34(28,4)17-15-29(26)33/h6-7,9-10,19,26-30,38H,5,8,11-18,20H2,1-4H3,(H,35,39)/b36-24-/t26-,27-,28+,29+,30+,33+,34-/m1/s1. The van der Waals surface area contributed by atoms with Gasteiger partial charge in [-0.3, -0.25) is 9.59 Å². The SMILES string of the molecule is CCOC(=O)[C@H](Cc1ccc(O)cc1)NC(=O)CO/N=C1\C=C2CC[C@@H]3[C@@H]4CC[C@H](C(C)=O)[C@@]4(C)CC[C@@H]3[C@@]2(C)CC1. The van der Waals surface area contributed by atoms with Gasteiger partial charge in [0.15, 0.2) is 6.61 Å². The zero-order chi connectivity index (χ0) is 30.1. The number of oxime groups is 1. The number of Topliss-reactive ketones (excluding diaryl/α,β-unsaturated/α-hetero) is 1. The van der Waals surface area contributed by atoms with Gasteiger partial charge in [0.25, 0.3) is 5.91 Å². The van der Waals surface area contributed by atoms with Gasteiger partial charge in [-0.25, -0.2) is 4.79 Å². The molecule has 7 atom stereocenters. The first kappa shape index (κ1) is 30.3. The highest BCUT2D eigenvalue weighted by atomic mass is 16.6. The summed E-state index contributed by atoms with van der Waals surface area (Å²) >= 11 is 0. The highest BCUT2D eigenvalue weighted by Crippen LogP contribution is 2.66. The lowest BCUT2D eigenvalue weighted by Gasteiger charge is -2.58. The Morgan fingerprint density at radius 1 is 1.05 bits per heavy atom. The number of ether oxygens (including phenoxy) is 1. The molecule has 8 nitrogen and oxygen atoms in total. The van der Waals surface area contributed by atoms with Crippen molar-refractivity contribution in [1.82, 2.24) is 5.32 Å². The monoisotopic (exact) mass is 578 g/mol. The van der Waals surface area contributed by atoms with E-state index < -0.39 is 17.9 Å². The third-order valence-corrected chi connectivity index (χ3v) is 11.1. The number of nitrogens with zero attached hydrogens (tertiary/aromatic N) is 1. The Morgan fingerprint density at radius 2 is 1.81 bits per heavy atom. The van der Waals surface area contributed by atoms with Crippen LogP contribution < -0.4 is 5.32 Å². The van der Waals surface area contributed by atoms with E-state index >= 15 is 0 Å². The predicted octanol–water partition coefficient (Wildman–Crippen LogP) is 5.52. The molecule has 42 heavy (non-hydrogen) atoms. The molecule has 228 valence electrons. The van der Waals surface area contributed by atoms with Crippen molar-refractivity contribution in [2.45, 2.75) is 91.5 Å². The van der Waals surface area contributed by atoms with E-state index in [9.17, 15) is 19.5 Å². The highest BCUT2D eigenvalue weighted by molar-refractivity contribution is 5.96. The molecular weight excluding hydrogens is 532 g/mol. The molecule has 1 aromatic carbocycles. The Morgan fingerprint density at radius 3 is 2.52 bits per heavy atom. The molecule has 0 heterocycles. The number of phenolic OH excluding ortho intramolecular Hbond substituents is 1. The van der Waals surface area contributed by atoms with Crippen LogP contribution in [0.15, 0.2) is 41.1 Å². The number of ketones is 1. The normalized spacial score (nSPS) is 33.4. The number of carbonyl (C=O) groups excluding carboxylic acids is 3. The summed E-state index contributed by atoms with van der Waals surface area (Å²) in [7, 11) is 0. The van der Waals surface area contributed by atoms with Crippen LogP contribution in [0.3, 0.4) is 0 Å². The molecule has 0 aromatic heterocycles. The minimum Gasteiger partial charge on any atom is -0.508 e. The number of amides is 1. The summed E-state index contributed by atoms with van der Waals surface area (Å²) in [6.45, 7) is 8.25. The summed E-state index contributed by atoms with van der Waals surface area (Å²) in [5.74, 6) is 1.74. The summed E-state index contributed by atoms with van der Waals surface area (Å²) in [6, 6.07) is 5.62. The number of nitrogens with one attached hydrogen (secondary N) is 1. The number of fused-ring (bicyclic) bond motifs is 5. The van der Waals surface area contributed by atoms with E-state index in [0.717, 1.165) is 43.4 Å². The summed E-state index contributed by atoms with van der Waals surface area (Å²) in [5, 5.41) is 16.6. The van der Waals surface area contributed by atoms with Crippen molar-refractivity contribution >= 4 is 23.4 Å². The van der Waals surface area contributed by atoms with E-state index in [0.29, 0.717) is 23.5 Å². The maximum absolute atomic E-state index is 12.7. The third-order valence-electron chi connectivity index (χ3n) is 11.1. The molecular formula is C34H46N2O6. The second-order valence-corrected chi connectivity index (χ2v) is 13.4. The first-order valence-corrected chi connectivity index (χ1v) is 15.7. The van der Waals surface area contributed by atoms with Gasteiger partial charge in [-0.15, -0.1) is 0 Å². The van der Waals surface area contributed by atoms with Crippen molar-refractivity contribution in [3.05, 3.63) is 41.5 Å². The molecule has 4 aliphatic rings. The molecule has 0 spiro atoms. The van der Waals surface area contributed by atoms with Crippen molar-refractivity contribution < 1.29 is 29.1 Å². The largest absolute Gasteiger partial charge is 0.508 e. The van der Waals surface area contributed by atoms with Crippen molar-refractivity contribution in [3.8, 4) is 5.75 Å². The van der Waals surface area contributed by atoms with Crippen LogP contribution in [0.4, 0.5) is 0 Å². The summed E-state index contributed by atoms with van der Waals surface area (Å²) in [4.78, 5) is 43.1. The average molecular weight is 579 g/mol. The van der Waals surface area contributed by atoms with Crippen LogP contribution in [0.2, 0.25) is 0 Å². The lowest BCUT2D eigenvalue weighted by Crippen LogP contribution is -2.51. The van der Waals surface area contributed by atoms with Crippen molar-refractivity contribution in [1.29, 1.82) is 0 Å². The molecule has 1 amide bonds. The Labute approximate surface area is 249 Å². The predicted molar refractivity (Wildman–Crippen MR) is 160 cm³/mol. The molecule has 5 rings (SSSR count). The minimum absolute atomic E-state index is 0.132. The fourth-order valence-corrected chi connectivity index (χ4v) is 9.02. The number of rotatable bonds is 9. The van der Waals surface area contributed by atoms with Gasteiger partial charge < -0.3 is 20.0 Å². The average Bonchev–Trinajstić information content (AvgIpc) is 3.31. The van der Waals surface area contributed by atoms with Gasteiger partial charge in [0.05, 0.1) is 12.3 Å². The fourth-order valence-electron chi connectivity index (χ4n) is 9.02. The van der Waals surface area contributed by atoms with Gasteiger partial charge in [0, 0.05) is 12.3 Å². The van der Waals surface area contributed by atoms with Gasteiger partial charge in [-0.1, -0.05) is 36.7 Å². The van der Waals surface area contributed by atoms with Crippen LogP contribution in [0.5, 0.6) is 5.75 Å². The van der Waals surface area contributed by atoms with E-state index in [1.165, 1.54) is 24.8 Å². The molecule has 0 bridgehead atoms. The van der Waals surface area contributed by atoms with E-state index in [1.807, 2.05) is 0 Å². The number of phenols is 1. The molecule has 0 aliphatic heterocycles. The molecule has 2 N–H and O–H groups in total. The number of aromatic hydroxyl groups is 1. The van der Waals surface area contributed by atoms with E-state index in [2.05, 4.69) is 30.4 Å². The summed E-state index contributed by atoms with van der Waals surface area (Å²) in [6.07, 6.45) is 11.0. The summed E-state index contributed by atoms with van der Waals surface area (Å²) in [5.41, 5.74) is 3.40. The van der Waals surface area contributed by atoms with Crippen molar-refractivity contribution in [2.75, 3.05) is 13.2 Å². The fraction of sp³-hybridized carbons (Fsp3) is 0.647. The number of carbonyl (C=O) groups is 3. The Kier molecular flexibility index (Phi) is 8.81. The zero-order valence-electron chi connectivity index (χ0n) is 25.5. The molecule has 0 unspecified atom stereocenters. The number of allylic oxidation sites excluding steroid dienone is 2. The molecule has 8 heteroatoms. The van der Waals surface area contributed by atoms with Gasteiger partial charge in [-0.2, -0.15) is 0 Å². The van der Waals surface area contributed by atoms with E-state index in [1.54, 1.807) is 38.1 Å². The van der Waals surface area contributed by atoms with Crippen molar-refractivity contribution in [3.63, 3.8) is 0 Å². The molecule has 4 aliphatic carbocycles. The first-order valence-electron chi connectivity index (χ1n) is 15.7. The molecule has 1 aromatic rings. The lowest BCUT2D eigenvalue weighted by atomic mass is 9.46. The van der Waals surface area contributed by atoms with Crippen LogP contribution >= 0.6 is 0 Å². The van der Waals surface area contributed by atoms with Gasteiger partial charge >= 0.3 is 5.97 Å². The van der Waals surface area contributed by atoms with Crippen LogP contribution in [0.1, 0.15) is 84.6 Å². The van der Waals surface area contributed by atoms with Crippen LogP contribution in [0.25, 0.3) is 0 Å². The minimum atomic E-state index is -0.867. The first-order chi connectivity index (χ1) is 20.0. The van der Waals surface area contributed by atoms with Gasteiger partial charge in [0.1, 0.15) is 17.6 Å². The quantitative estimate of drug-likeness (QED) is 0.295. The van der Waals surface area contributed by atoms with Gasteiger partial charge in [0.2, 0.25) is 0 Å².